The van der Waals surface area contributed by atoms with Gasteiger partial charge in [0.15, 0.2) is 0 Å². The van der Waals surface area contributed by atoms with Gasteiger partial charge in [-0.3, -0.25) is 4.79 Å². The molecule has 2 N–H and O–H groups in total. The molecular formula is C11H14N2O2S. The fourth-order valence-corrected chi connectivity index (χ4v) is 2.06. The molecule has 0 fully saturated rings. The van der Waals surface area contributed by atoms with E-state index in [1.165, 1.54) is 11.3 Å². The van der Waals surface area contributed by atoms with Gasteiger partial charge in [-0.25, -0.2) is 0 Å². The number of aliphatic hydroxyl groups excluding tert-OH is 1. The summed E-state index contributed by atoms with van der Waals surface area (Å²) in [5.41, 5.74) is 0.382. The Kier molecular flexibility index (Phi) is 4.96. The van der Waals surface area contributed by atoms with Crippen LogP contribution in [0.4, 0.5) is 0 Å². The van der Waals surface area contributed by atoms with Crippen molar-refractivity contribution >= 4 is 17.2 Å². The first kappa shape index (κ1) is 12.7. The van der Waals surface area contributed by atoms with Crippen LogP contribution in [0.5, 0.6) is 0 Å². The van der Waals surface area contributed by atoms with E-state index in [-0.39, 0.29) is 12.5 Å². The maximum atomic E-state index is 11.6. The molecule has 1 atom stereocenters. The van der Waals surface area contributed by atoms with E-state index in [1.54, 1.807) is 11.4 Å². The second kappa shape index (κ2) is 6.26. The van der Waals surface area contributed by atoms with Crippen molar-refractivity contribution in [1.29, 1.82) is 5.26 Å². The number of aliphatic hydroxyl groups is 1. The summed E-state index contributed by atoms with van der Waals surface area (Å²) in [6, 6.07) is 3.57. The summed E-state index contributed by atoms with van der Waals surface area (Å²) < 4.78 is 0. The van der Waals surface area contributed by atoms with Gasteiger partial charge in [0, 0.05) is 6.54 Å². The van der Waals surface area contributed by atoms with Crippen LogP contribution < -0.4 is 5.32 Å². The molecule has 1 unspecified atom stereocenters. The highest BCUT2D eigenvalue weighted by molar-refractivity contribution is 7.12. The summed E-state index contributed by atoms with van der Waals surface area (Å²) in [6.07, 6.45) is 1.02. The molecule has 5 heteroatoms. The van der Waals surface area contributed by atoms with Gasteiger partial charge in [0.1, 0.15) is 10.9 Å². The third kappa shape index (κ3) is 3.33. The zero-order chi connectivity index (χ0) is 12.0. The minimum absolute atomic E-state index is 0.232. The van der Waals surface area contributed by atoms with Gasteiger partial charge in [-0.1, -0.05) is 13.3 Å². The summed E-state index contributed by atoms with van der Waals surface area (Å²) in [7, 11) is 0. The number of hydrogen-bond acceptors (Lipinski definition) is 4. The van der Waals surface area contributed by atoms with Gasteiger partial charge in [0.05, 0.1) is 11.7 Å². The maximum absolute atomic E-state index is 11.6. The Labute approximate surface area is 98.5 Å². The number of nitrogens with zero attached hydrogens (tertiary/aromatic N) is 1. The number of thiophene rings is 1. The van der Waals surface area contributed by atoms with Gasteiger partial charge in [-0.15, -0.1) is 11.3 Å². The van der Waals surface area contributed by atoms with E-state index in [9.17, 15) is 9.90 Å². The van der Waals surface area contributed by atoms with Crippen LogP contribution >= 0.6 is 11.3 Å². The Morgan fingerprint density at radius 1 is 1.75 bits per heavy atom. The summed E-state index contributed by atoms with van der Waals surface area (Å²) in [4.78, 5) is 12.0. The number of carbonyl (C=O) groups excluding carboxylic acids is 1. The second-order valence-corrected chi connectivity index (χ2v) is 4.34. The third-order valence-electron chi connectivity index (χ3n) is 2.11. The van der Waals surface area contributed by atoms with Crippen LogP contribution in [-0.2, 0) is 0 Å². The number of nitriles is 1. The molecule has 1 amide bonds. The lowest BCUT2D eigenvalue weighted by Gasteiger charge is -2.09. The van der Waals surface area contributed by atoms with Gasteiger partial charge in [-0.2, -0.15) is 5.26 Å². The first-order chi connectivity index (χ1) is 7.69. The molecule has 1 heterocycles. The first-order valence-corrected chi connectivity index (χ1v) is 6.00. The van der Waals surface area contributed by atoms with E-state index >= 15 is 0 Å². The highest BCUT2D eigenvalue weighted by atomic mass is 32.1. The SMILES string of the molecule is CCCC(O)CNC(=O)c1sccc1C#N. The lowest BCUT2D eigenvalue weighted by molar-refractivity contribution is 0.0914. The average Bonchev–Trinajstić information content (AvgIpc) is 2.74. The highest BCUT2D eigenvalue weighted by Crippen LogP contribution is 2.15. The summed E-state index contributed by atoms with van der Waals surface area (Å²) in [6.45, 7) is 2.20. The molecule has 0 saturated carbocycles. The molecule has 16 heavy (non-hydrogen) atoms. The minimum Gasteiger partial charge on any atom is -0.391 e. The van der Waals surface area contributed by atoms with Crippen LogP contribution in [-0.4, -0.2) is 23.7 Å². The quantitative estimate of drug-likeness (QED) is 0.816. The van der Waals surface area contributed by atoms with E-state index in [4.69, 9.17) is 5.26 Å². The lowest BCUT2D eigenvalue weighted by Crippen LogP contribution is -2.31. The average molecular weight is 238 g/mol. The standard InChI is InChI=1S/C11H14N2O2S/c1-2-3-9(14)7-13-11(15)10-8(6-12)4-5-16-10/h4-5,9,14H,2-3,7H2,1H3,(H,13,15). The molecule has 0 spiro atoms. The number of amides is 1. The van der Waals surface area contributed by atoms with Crippen molar-refractivity contribution in [1.82, 2.24) is 5.32 Å². The monoisotopic (exact) mass is 238 g/mol. The topological polar surface area (TPSA) is 73.1 Å². The van der Waals surface area contributed by atoms with E-state index in [0.29, 0.717) is 16.9 Å². The number of carbonyl (C=O) groups is 1. The van der Waals surface area contributed by atoms with Gasteiger partial charge >= 0.3 is 0 Å². The third-order valence-corrected chi connectivity index (χ3v) is 3.03. The van der Waals surface area contributed by atoms with Crippen molar-refractivity contribution in [2.45, 2.75) is 25.9 Å². The van der Waals surface area contributed by atoms with Gasteiger partial charge < -0.3 is 10.4 Å². The minimum atomic E-state index is -0.514. The number of rotatable bonds is 5. The predicted molar refractivity (Wildman–Crippen MR) is 62.3 cm³/mol. The van der Waals surface area contributed by atoms with Gasteiger partial charge in [-0.05, 0) is 17.9 Å². The molecule has 0 radical (unpaired) electrons. The first-order valence-electron chi connectivity index (χ1n) is 5.12. The fraction of sp³-hybridized carbons (Fsp3) is 0.455. The van der Waals surface area contributed by atoms with E-state index in [0.717, 1.165) is 6.42 Å². The van der Waals surface area contributed by atoms with Crippen LogP contribution in [0.2, 0.25) is 0 Å². The van der Waals surface area contributed by atoms with E-state index in [1.807, 2.05) is 13.0 Å². The second-order valence-electron chi connectivity index (χ2n) is 3.43. The number of nitrogens with one attached hydrogen (secondary N) is 1. The zero-order valence-corrected chi connectivity index (χ0v) is 9.88. The van der Waals surface area contributed by atoms with Gasteiger partial charge in [0.25, 0.3) is 5.91 Å². The predicted octanol–water partition coefficient (Wildman–Crippen LogP) is 1.51. The molecule has 1 aromatic rings. The van der Waals surface area contributed by atoms with Gasteiger partial charge in [0.2, 0.25) is 0 Å². The Balaban J connectivity index is 2.51. The Morgan fingerprint density at radius 2 is 2.50 bits per heavy atom. The summed E-state index contributed by atoms with van der Waals surface area (Å²) in [5, 5.41) is 22.5. The molecule has 0 aromatic carbocycles. The van der Waals surface area contributed by atoms with Crippen molar-refractivity contribution in [2.24, 2.45) is 0 Å². The summed E-state index contributed by atoms with van der Waals surface area (Å²) in [5.74, 6) is -0.290. The van der Waals surface area contributed by atoms with Crippen molar-refractivity contribution in [3.8, 4) is 6.07 Å². The van der Waals surface area contributed by atoms with Crippen LogP contribution in [0, 0.1) is 11.3 Å². The van der Waals surface area contributed by atoms with Crippen LogP contribution in [0.1, 0.15) is 35.0 Å². The molecule has 0 aliphatic carbocycles. The van der Waals surface area contributed by atoms with E-state index in [2.05, 4.69) is 5.32 Å². The molecule has 86 valence electrons. The fourth-order valence-electron chi connectivity index (χ4n) is 1.30. The lowest BCUT2D eigenvalue weighted by atomic mass is 10.2. The molecule has 1 aromatic heterocycles. The maximum Gasteiger partial charge on any atom is 0.262 e. The largest absolute Gasteiger partial charge is 0.391 e. The Hall–Kier alpha value is -1.38. The van der Waals surface area contributed by atoms with Crippen molar-refractivity contribution in [2.75, 3.05) is 6.54 Å². The molecule has 0 bridgehead atoms. The smallest absolute Gasteiger partial charge is 0.262 e. The number of hydrogen-bond donors (Lipinski definition) is 2. The molecular weight excluding hydrogens is 224 g/mol. The molecule has 1 rings (SSSR count). The highest BCUT2D eigenvalue weighted by Gasteiger charge is 2.13. The molecule has 0 saturated heterocycles. The molecule has 0 aliphatic rings. The molecule has 0 aliphatic heterocycles. The normalized spacial score (nSPS) is 11.8. The Morgan fingerprint density at radius 3 is 3.12 bits per heavy atom. The zero-order valence-electron chi connectivity index (χ0n) is 9.06. The van der Waals surface area contributed by atoms with Crippen molar-refractivity contribution in [3.05, 3.63) is 21.9 Å². The Bertz CT molecular complexity index is 395. The molecule has 4 nitrogen and oxygen atoms in total. The summed E-state index contributed by atoms with van der Waals surface area (Å²) >= 11 is 1.23. The van der Waals surface area contributed by atoms with E-state index < -0.39 is 6.10 Å². The van der Waals surface area contributed by atoms with Crippen LogP contribution in [0.25, 0.3) is 0 Å². The van der Waals surface area contributed by atoms with Crippen LogP contribution in [0.3, 0.4) is 0 Å². The van der Waals surface area contributed by atoms with Crippen molar-refractivity contribution < 1.29 is 9.90 Å². The van der Waals surface area contributed by atoms with Crippen LogP contribution in [0.15, 0.2) is 11.4 Å². The van der Waals surface area contributed by atoms with Crippen molar-refractivity contribution in [3.63, 3.8) is 0 Å².